The van der Waals surface area contributed by atoms with Gasteiger partial charge in [-0.1, -0.05) is 35.3 Å². The lowest BCUT2D eigenvalue weighted by Gasteiger charge is -2.14. The zero-order valence-corrected chi connectivity index (χ0v) is 12.5. The Morgan fingerprint density at radius 1 is 1.59 bits per heavy atom. The van der Waals surface area contributed by atoms with Gasteiger partial charge < -0.3 is 10.5 Å². The molecule has 0 spiro atoms. The minimum atomic E-state index is 0.0747. The van der Waals surface area contributed by atoms with Crippen molar-refractivity contribution in [3.63, 3.8) is 0 Å². The summed E-state index contributed by atoms with van der Waals surface area (Å²) < 4.78 is 6.52. The van der Waals surface area contributed by atoms with Crippen LogP contribution in [0.3, 0.4) is 0 Å². The third-order valence-electron chi connectivity index (χ3n) is 2.06. The smallest absolute Gasteiger partial charge is 0.137 e. The van der Waals surface area contributed by atoms with Crippen molar-refractivity contribution in [2.75, 3.05) is 6.61 Å². The highest BCUT2D eigenvalue weighted by Crippen LogP contribution is 2.30. The van der Waals surface area contributed by atoms with Gasteiger partial charge in [-0.2, -0.15) is 0 Å². The van der Waals surface area contributed by atoms with Gasteiger partial charge in [-0.25, -0.2) is 0 Å². The molecule has 0 aliphatic rings. The largest absolute Gasteiger partial charge is 0.486 e. The van der Waals surface area contributed by atoms with Crippen LogP contribution < -0.4 is 10.5 Å². The van der Waals surface area contributed by atoms with Crippen molar-refractivity contribution in [3.8, 4) is 5.75 Å². The van der Waals surface area contributed by atoms with Crippen LogP contribution in [0.2, 0.25) is 0 Å². The minimum Gasteiger partial charge on any atom is -0.486 e. The Morgan fingerprint density at radius 3 is 2.88 bits per heavy atom. The van der Waals surface area contributed by atoms with Gasteiger partial charge in [-0.05, 0) is 40.9 Å². The van der Waals surface area contributed by atoms with E-state index in [0.717, 1.165) is 22.2 Å². The van der Waals surface area contributed by atoms with Crippen molar-refractivity contribution in [3.05, 3.63) is 38.8 Å². The van der Waals surface area contributed by atoms with Gasteiger partial charge in [0.25, 0.3) is 0 Å². The number of hydrogen-bond acceptors (Lipinski definition) is 2. The van der Waals surface area contributed by atoms with Gasteiger partial charge in [-0.3, -0.25) is 0 Å². The molecule has 1 aromatic rings. The fraction of sp³-hybridized carbons (Fsp3) is 0.333. The molecule has 2 nitrogen and oxygen atoms in total. The highest BCUT2D eigenvalue weighted by molar-refractivity contribution is 9.10. The maximum atomic E-state index is 5.80. The van der Waals surface area contributed by atoms with E-state index in [2.05, 4.69) is 15.9 Å². The normalized spacial score (nSPS) is 13.6. The van der Waals surface area contributed by atoms with Crippen LogP contribution in [-0.2, 0) is 6.42 Å². The lowest BCUT2D eigenvalue weighted by molar-refractivity contribution is 0.352. The van der Waals surface area contributed by atoms with E-state index in [9.17, 15) is 0 Å². The van der Waals surface area contributed by atoms with Crippen LogP contribution in [0, 0.1) is 0 Å². The number of halogens is 3. The molecule has 0 radical (unpaired) electrons. The van der Waals surface area contributed by atoms with Crippen LogP contribution in [0.4, 0.5) is 0 Å². The molecule has 1 rings (SSSR count). The molecule has 2 N–H and O–H groups in total. The van der Waals surface area contributed by atoms with E-state index >= 15 is 0 Å². The highest BCUT2D eigenvalue weighted by Gasteiger charge is 2.10. The van der Waals surface area contributed by atoms with Crippen LogP contribution in [0.1, 0.15) is 12.5 Å². The lowest BCUT2D eigenvalue weighted by Crippen LogP contribution is -2.18. The Morgan fingerprint density at radius 2 is 2.29 bits per heavy atom. The molecule has 1 aromatic carbocycles. The molecule has 1 unspecified atom stereocenters. The molecule has 0 heterocycles. The van der Waals surface area contributed by atoms with Crippen molar-refractivity contribution < 1.29 is 4.74 Å². The Bertz CT molecular complexity index is 407. The van der Waals surface area contributed by atoms with Crippen molar-refractivity contribution >= 4 is 39.1 Å². The summed E-state index contributed by atoms with van der Waals surface area (Å²) >= 11 is 14.7. The predicted octanol–water partition coefficient (Wildman–Crippen LogP) is 4.04. The van der Waals surface area contributed by atoms with E-state index in [4.69, 9.17) is 33.7 Å². The van der Waals surface area contributed by atoms with E-state index in [0.29, 0.717) is 5.03 Å². The van der Waals surface area contributed by atoms with Gasteiger partial charge >= 0.3 is 0 Å². The van der Waals surface area contributed by atoms with Crippen molar-refractivity contribution in [1.29, 1.82) is 0 Å². The topological polar surface area (TPSA) is 35.2 Å². The zero-order chi connectivity index (χ0) is 12.8. The van der Waals surface area contributed by atoms with Crippen LogP contribution in [-0.4, -0.2) is 12.6 Å². The first-order valence-electron chi connectivity index (χ1n) is 5.15. The van der Waals surface area contributed by atoms with Crippen LogP contribution in [0.25, 0.3) is 0 Å². The van der Waals surface area contributed by atoms with E-state index < -0.39 is 0 Å². The molecule has 0 aliphatic heterocycles. The van der Waals surface area contributed by atoms with Gasteiger partial charge in [0.05, 0.1) is 9.51 Å². The van der Waals surface area contributed by atoms with E-state index in [1.807, 2.05) is 25.1 Å². The highest BCUT2D eigenvalue weighted by atomic mass is 79.9. The van der Waals surface area contributed by atoms with Crippen molar-refractivity contribution in [2.45, 2.75) is 19.4 Å². The minimum absolute atomic E-state index is 0.0747. The molecular weight excluding hydrogens is 325 g/mol. The van der Waals surface area contributed by atoms with E-state index in [1.54, 1.807) is 0 Å². The fourth-order valence-electron chi connectivity index (χ4n) is 1.40. The molecule has 0 aromatic heterocycles. The van der Waals surface area contributed by atoms with Gasteiger partial charge in [0.15, 0.2) is 0 Å². The average molecular weight is 339 g/mol. The molecule has 1 atom stereocenters. The summed E-state index contributed by atoms with van der Waals surface area (Å²) in [5.74, 6) is 0.765. The van der Waals surface area contributed by atoms with Crippen molar-refractivity contribution in [1.82, 2.24) is 0 Å². The molecule has 0 saturated heterocycles. The van der Waals surface area contributed by atoms with Crippen LogP contribution >= 0.6 is 39.1 Å². The Kier molecular flexibility index (Phi) is 6.34. The third kappa shape index (κ3) is 4.88. The first-order chi connectivity index (χ1) is 8.04. The predicted molar refractivity (Wildman–Crippen MR) is 76.8 cm³/mol. The second-order valence-electron chi connectivity index (χ2n) is 3.75. The Labute approximate surface area is 120 Å². The van der Waals surface area contributed by atoms with Crippen LogP contribution in [0.15, 0.2) is 33.2 Å². The summed E-state index contributed by atoms with van der Waals surface area (Å²) in [7, 11) is 0. The van der Waals surface area contributed by atoms with E-state index in [1.165, 1.54) is 5.54 Å². The summed E-state index contributed by atoms with van der Waals surface area (Å²) in [5.41, 5.74) is 8.14. The maximum absolute atomic E-state index is 5.80. The molecule has 0 aliphatic carbocycles. The summed E-state index contributed by atoms with van der Waals surface area (Å²) in [5, 5.41) is 0.453. The fourth-order valence-corrected chi connectivity index (χ4v) is 2.03. The average Bonchev–Trinajstić information content (AvgIpc) is 2.27. The molecule has 17 heavy (non-hydrogen) atoms. The first-order valence-corrected chi connectivity index (χ1v) is 6.76. The standard InChI is InChI=1S/C12H14BrCl2NO/c1-8(16)5-9-3-2-4-11(13)12(9)17-7-10(15)6-14/h2-4,6,8H,5,7,16H2,1H3. The maximum Gasteiger partial charge on any atom is 0.137 e. The van der Waals surface area contributed by atoms with E-state index in [-0.39, 0.29) is 12.6 Å². The van der Waals surface area contributed by atoms with Gasteiger partial charge in [0, 0.05) is 11.6 Å². The summed E-state index contributed by atoms with van der Waals surface area (Å²) in [4.78, 5) is 0. The number of benzene rings is 1. The second kappa shape index (κ2) is 7.27. The molecule has 5 heteroatoms. The van der Waals surface area contributed by atoms with Gasteiger partial charge in [-0.15, -0.1) is 0 Å². The lowest BCUT2D eigenvalue weighted by atomic mass is 10.1. The molecule has 0 amide bonds. The molecular formula is C12H14BrCl2NO. The summed E-state index contributed by atoms with van der Waals surface area (Å²) in [6.45, 7) is 2.20. The quantitative estimate of drug-likeness (QED) is 0.879. The Hall–Kier alpha value is -0.220. The molecule has 0 saturated carbocycles. The molecule has 94 valence electrons. The van der Waals surface area contributed by atoms with Gasteiger partial charge in [0.1, 0.15) is 12.4 Å². The summed E-state index contributed by atoms with van der Waals surface area (Å²) in [6, 6.07) is 5.93. The van der Waals surface area contributed by atoms with Crippen LogP contribution in [0.5, 0.6) is 5.75 Å². The van der Waals surface area contributed by atoms with Gasteiger partial charge in [0.2, 0.25) is 0 Å². The third-order valence-corrected chi connectivity index (χ3v) is 3.28. The Balaban J connectivity index is 2.87. The number of hydrogen-bond donors (Lipinski definition) is 1. The second-order valence-corrected chi connectivity index (χ2v) is 5.31. The first kappa shape index (κ1) is 14.8. The SMILES string of the molecule is CC(N)Cc1cccc(Br)c1OCC(Cl)=CCl. The summed E-state index contributed by atoms with van der Waals surface area (Å²) in [6.07, 6.45) is 0.747. The number of ether oxygens (including phenoxy) is 1. The number of rotatable bonds is 5. The zero-order valence-electron chi connectivity index (χ0n) is 9.42. The van der Waals surface area contributed by atoms with Crippen molar-refractivity contribution in [2.24, 2.45) is 5.73 Å². The molecule has 0 fully saturated rings. The monoisotopic (exact) mass is 337 g/mol. The molecule has 0 bridgehead atoms. The number of nitrogens with two attached hydrogens (primary N) is 1. The number of para-hydroxylation sites is 1.